The minimum atomic E-state index is -0.690. The van der Waals surface area contributed by atoms with Crippen molar-refractivity contribution in [3.8, 4) is 0 Å². The van der Waals surface area contributed by atoms with Crippen LogP contribution in [0, 0.1) is 0 Å². The third-order valence-electron chi connectivity index (χ3n) is 1.73. The first kappa shape index (κ1) is 11.7. The second-order valence-corrected chi connectivity index (χ2v) is 4.17. The van der Waals surface area contributed by atoms with Crippen molar-refractivity contribution in [3.05, 3.63) is 12.2 Å². The van der Waals surface area contributed by atoms with Crippen molar-refractivity contribution in [2.45, 2.75) is 32.6 Å². The van der Waals surface area contributed by atoms with Gasteiger partial charge < -0.3 is 9.47 Å². The second kappa shape index (κ2) is 4.02. The lowest BCUT2D eigenvalue weighted by Crippen LogP contribution is -2.43. The zero-order chi connectivity index (χ0) is 11.6. The standard InChI is InChI=1S/C10H15NO4/c1-10(2,3)15-9(13)11-7(12)5-6-8(11)14-4/h5-6,8H,1-4H3. The number of amides is 2. The molecular formula is C10H15NO4. The SMILES string of the molecule is COC1C=CC(=O)N1C(=O)OC(C)(C)C. The van der Waals surface area contributed by atoms with E-state index in [0.717, 1.165) is 4.90 Å². The summed E-state index contributed by atoms with van der Waals surface area (Å²) in [5, 5.41) is 0. The maximum Gasteiger partial charge on any atom is 0.419 e. The van der Waals surface area contributed by atoms with E-state index in [4.69, 9.17) is 9.47 Å². The van der Waals surface area contributed by atoms with E-state index < -0.39 is 23.8 Å². The molecule has 0 saturated carbocycles. The van der Waals surface area contributed by atoms with Gasteiger partial charge in [0.05, 0.1) is 0 Å². The molecule has 1 unspecified atom stereocenters. The Morgan fingerprint density at radius 2 is 2.07 bits per heavy atom. The minimum absolute atomic E-state index is 0.420. The first-order valence-electron chi connectivity index (χ1n) is 4.62. The molecule has 1 aliphatic heterocycles. The van der Waals surface area contributed by atoms with Crippen LogP contribution in [0.3, 0.4) is 0 Å². The molecule has 5 nitrogen and oxygen atoms in total. The van der Waals surface area contributed by atoms with Gasteiger partial charge in [-0.25, -0.2) is 9.69 Å². The van der Waals surface area contributed by atoms with Crippen molar-refractivity contribution in [1.82, 2.24) is 4.90 Å². The first-order valence-corrected chi connectivity index (χ1v) is 4.62. The van der Waals surface area contributed by atoms with Crippen LogP contribution in [0.2, 0.25) is 0 Å². The molecule has 5 heteroatoms. The lowest BCUT2D eigenvalue weighted by atomic mass is 10.2. The first-order chi connectivity index (χ1) is 6.85. The van der Waals surface area contributed by atoms with Gasteiger partial charge in [-0.1, -0.05) is 0 Å². The van der Waals surface area contributed by atoms with Gasteiger partial charge in [0.15, 0.2) is 6.23 Å². The van der Waals surface area contributed by atoms with Gasteiger partial charge in [-0.3, -0.25) is 4.79 Å². The Labute approximate surface area is 88.6 Å². The summed E-state index contributed by atoms with van der Waals surface area (Å²) in [6, 6.07) is 0. The largest absolute Gasteiger partial charge is 0.443 e. The van der Waals surface area contributed by atoms with E-state index in [1.54, 1.807) is 20.8 Å². The molecular weight excluding hydrogens is 198 g/mol. The number of ether oxygens (including phenoxy) is 2. The van der Waals surface area contributed by atoms with Crippen LogP contribution in [-0.4, -0.2) is 35.8 Å². The topological polar surface area (TPSA) is 55.8 Å². The van der Waals surface area contributed by atoms with Crippen molar-refractivity contribution in [3.63, 3.8) is 0 Å². The molecule has 0 aliphatic carbocycles. The highest BCUT2D eigenvalue weighted by molar-refractivity contribution is 6.01. The maximum atomic E-state index is 11.6. The van der Waals surface area contributed by atoms with E-state index >= 15 is 0 Å². The number of rotatable bonds is 1. The van der Waals surface area contributed by atoms with Crippen molar-refractivity contribution < 1.29 is 19.1 Å². The molecule has 0 aromatic carbocycles. The molecule has 0 spiro atoms. The molecule has 0 radical (unpaired) electrons. The molecule has 0 fully saturated rings. The number of methoxy groups -OCH3 is 1. The smallest absolute Gasteiger partial charge is 0.419 e. The molecule has 15 heavy (non-hydrogen) atoms. The van der Waals surface area contributed by atoms with E-state index in [-0.39, 0.29) is 0 Å². The summed E-state index contributed by atoms with van der Waals surface area (Å²) in [7, 11) is 1.42. The lowest BCUT2D eigenvalue weighted by Gasteiger charge is -2.26. The Morgan fingerprint density at radius 1 is 1.47 bits per heavy atom. The van der Waals surface area contributed by atoms with Gasteiger partial charge in [-0.2, -0.15) is 0 Å². The molecule has 0 N–H and O–H groups in total. The number of imide groups is 1. The van der Waals surface area contributed by atoms with Crippen LogP contribution in [0.15, 0.2) is 12.2 Å². The fraction of sp³-hybridized carbons (Fsp3) is 0.600. The van der Waals surface area contributed by atoms with E-state index in [0.29, 0.717) is 0 Å². The molecule has 0 bridgehead atoms. The van der Waals surface area contributed by atoms with Crippen LogP contribution < -0.4 is 0 Å². The van der Waals surface area contributed by atoms with Crippen LogP contribution in [0.4, 0.5) is 4.79 Å². The molecule has 1 atom stereocenters. The number of carbonyl (C=O) groups excluding carboxylic acids is 2. The van der Waals surface area contributed by atoms with Crippen LogP contribution in [0.25, 0.3) is 0 Å². The van der Waals surface area contributed by atoms with Crippen LogP contribution >= 0.6 is 0 Å². The molecule has 0 aromatic heterocycles. The quantitative estimate of drug-likeness (QED) is 0.658. The van der Waals surface area contributed by atoms with Gasteiger partial charge in [0.2, 0.25) is 0 Å². The lowest BCUT2D eigenvalue weighted by molar-refractivity contribution is -0.130. The van der Waals surface area contributed by atoms with E-state index in [1.807, 2.05) is 0 Å². The molecule has 1 heterocycles. The Hall–Kier alpha value is -1.36. The predicted octanol–water partition coefficient (Wildman–Crippen LogP) is 1.29. The van der Waals surface area contributed by atoms with Crippen LogP contribution in [-0.2, 0) is 14.3 Å². The molecule has 84 valence electrons. The highest BCUT2D eigenvalue weighted by Crippen LogP contribution is 2.17. The predicted molar refractivity (Wildman–Crippen MR) is 53.0 cm³/mol. The number of hydrogen-bond acceptors (Lipinski definition) is 4. The number of carbonyl (C=O) groups is 2. The van der Waals surface area contributed by atoms with Crippen molar-refractivity contribution in [1.29, 1.82) is 0 Å². The summed E-state index contributed by atoms with van der Waals surface area (Å²) in [6.07, 6.45) is 1.45. The summed E-state index contributed by atoms with van der Waals surface area (Å²) in [5.74, 6) is -0.420. The zero-order valence-corrected chi connectivity index (χ0v) is 9.31. The molecule has 0 aromatic rings. The van der Waals surface area contributed by atoms with Crippen molar-refractivity contribution >= 4 is 12.0 Å². The fourth-order valence-electron chi connectivity index (χ4n) is 1.15. The van der Waals surface area contributed by atoms with Crippen LogP contribution in [0.1, 0.15) is 20.8 Å². The summed E-state index contributed by atoms with van der Waals surface area (Å²) in [4.78, 5) is 23.9. The Morgan fingerprint density at radius 3 is 2.53 bits per heavy atom. The average molecular weight is 213 g/mol. The summed E-state index contributed by atoms with van der Waals surface area (Å²) >= 11 is 0. The van der Waals surface area contributed by atoms with E-state index in [1.165, 1.54) is 19.3 Å². The fourth-order valence-corrected chi connectivity index (χ4v) is 1.15. The van der Waals surface area contributed by atoms with E-state index in [2.05, 4.69) is 0 Å². The monoisotopic (exact) mass is 213 g/mol. The van der Waals surface area contributed by atoms with Crippen LogP contribution in [0.5, 0.6) is 0 Å². The molecule has 1 rings (SSSR count). The maximum absolute atomic E-state index is 11.6. The van der Waals surface area contributed by atoms with E-state index in [9.17, 15) is 9.59 Å². The molecule has 1 aliphatic rings. The number of hydrogen-bond donors (Lipinski definition) is 0. The zero-order valence-electron chi connectivity index (χ0n) is 9.31. The third-order valence-corrected chi connectivity index (χ3v) is 1.73. The van der Waals surface area contributed by atoms with Crippen molar-refractivity contribution in [2.75, 3.05) is 7.11 Å². The molecule has 2 amide bonds. The molecule has 0 saturated heterocycles. The third kappa shape index (κ3) is 2.79. The summed E-state index contributed by atoms with van der Waals surface area (Å²) in [6.45, 7) is 5.21. The Kier molecular flexibility index (Phi) is 3.14. The normalized spacial score (nSPS) is 20.9. The Balaban J connectivity index is 2.71. The van der Waals surface area contributed by atoms with Gasteiger partial charge in [-0.15, -0.1) is 0 Å². The summed E-state index contributed by atoms with van der Waals surface area (Å²) < 4.78 is 10.0. The Bertz CT molecular complexity index is 303. The van der Waals surface area contributed by atoms with Gasteiger partial charge >= 0.3 is 6.09 Å². The highest BCUT2D eigenvalue weighted by Gasteiger charge is 2.34. The van der Waals surface area contributed by atoms with Gasteiger partial charge in [0.25, 0.3) is 5.91 Å². The van der Waals surface area contributed by atoms with Crippen molar-refractivity contribution in [2.24, 2.45) is 0 Å². The van der Waals surface area contributed by atoms with Gasteiger partial charge in [0.1, 0.15) is 5.60 Å². The summed E-state index contributed by atoms with van der Waals surface area (Å²) in [5.41, 5.74) is -0.627. The highest BCUT2D eigenvalue weighted by atomic mass is 16.6. The minimum Gasteiger partial charge on any atom is -0.443 e. The second-order valence-electron chi connectivity index (χ2n) is 4.17. The van der Waals surface area contributed by atoms with Gasteiger partial charge in [0, 0.05) is 13.2 Å². The average Bonchev–Trinajstić information content (AvgIpc) is 2.43. The number of nitrogens with zero attached hydrogens (tertiary/aromatic N) is 1. The van der Waals surface area contributed by atoms with Gasteiger partial charge in [-0.05, 0) is 26.8 Å².